The molecule has 0 aliphatic carbocycles. The van der Waals surface area contributed by atoms with Crippen LogP contribution < -0.4 is 5.32 Å². The Bertz CT molecular complexity index is 368. The van der Waals surface area contributed by atoms with Crippen molar-refractivity contribution in [3.05, 3.63) is 35.4 Å². The molecule has 1 N–H and O–H groups in total. The highest BCUT2D eigenvalue weighted by atomic mass is 19.3. The third-order valence-corrected chi connectivity index (χ3v) is 2.47. The molecule has 0 aromatic heterocycles. The fourth-order valence-corrected chi connectivity index (χ4v) is 1.40. The van der Waals surface area contributed by atoms with Gasteiger partial charge in [0.25, 0.3) is 11.8 Å². The monoisotopic (exact) mass is 241 g/mol. The van der Waals surface area contributed by atoms with Crippen LogP contribution in [0.4, 0.5) is 8.78 Å². The lowest BCUT2D eigenvalue weighted by Gasteiger charge is -2.11. The van der Waals surface area contributed by atoms with Crippen molar-refractivity contribution in [1.29, 1.82) is 0 Å². The first-order valence-electron chi connectivity index (χ1n) is 5.71. The van der Waals surface area contributed by atoms with E-state index < -0.39 is 5.92 Å². The number of alkyl halides is 2. The maximum Gasteiger partial charge on any atom is 0.270 e. The highest BCUT2D eigenvalue weighted by Crippen LogP contribution is 2.26. The van der Waals surface area contributed by atoms with E-state index in [1.807, 2.05) is 6.92 Å². The van der Waals surface area contributed by atoms with Crippen molar-refractivity contribution in [3.63, 3.8) is 0 Å². The van der Waals surface area contributed by atoms with Gasteiger partial charge in [-0.1, -0.05) is 25.5 Å². The quantitative estimate of drug-likeness (QED) is 0.787. The maximum absolute atomic E-state index is 12.9. The van der Waals surface area contributed by atoms with Crippen molar-refractivity contribution < 1.29 is 13.6 Å². The van der Waals surface area contributed by atoms with Crippen LogP contribution in [0.15, 0.2) is 24.3 Å². The Labute approximate surface area is 100 Å². The van der Waals surface area contributed by atoms with Crippen LogP contribution in [-0.2, 0) is 5.92 Å². The topological polar surface area (TPSA) is 29.1 Å². The van der Waals surface area contributed by atoms with E-state index in [-0.39, 0.29) is 11.5 Å². The molecule has 0 atom stereocenters. The average Bonchev–Trinajstić information content (AvgIpc) is 2.28. The Morgan fingerprint density at radius 1 is 1.29 bits per heavy atom. The summed E-state index contributed by atoms with van der Waals surface area (Å²) in [7, 11) is 0. The average molecular weight is 241 g/mol. The zero-order valence-corrected chi connectivity index (χ0v) is 10.1. The van der Waals surface area contributed by atoms with E-state index in [1.54, 1.807) is 0 Å². The molecule has 1 rings (SSSR count). The van der Waals surface area contributed by atoms with Gasteiger partial charge in [0, 0.05) is 24.6 Å². The zero-order chi connectivity index (χ0) is 12.9. The van der Waals surface area contributed by atoms with Gasteiger partial charge in [-0.2, -0.15) is 0 Å². The van der Waals surface area contributed by atoms with Crippen molar-refractivity contribution >= 4 is 5.91 Å². The number of hydrogen-bond donors (Lipinski definition) is 1. The van der Waals surface area contributed by atoms with Crippen LogP contribution in [0.2, 0.25) is 0 Å². The van der Waals surface area contributed by atoms with Crippen molar-refractivity contribution in [3.8, 4) is 0 Å². The molecule has 1 amide bonds. The second-order valence-electron chi connectivity index (χ2n) is 4.08. The number of rotatable bonds is 5. The van der Waals surface area contributed by atoms with E-state index in [2.05, 4.69) is 5.32 Å². The lowest BCUT2D eigenvalue weighted by molar-refractivity contribution is 0.0174. The van der Waals surface area contributed by atoms with E-state index in [9.17, 15) is 13.6 Å². The summed E-state index contributed by atoms with van der Waals surface area (Å²) in [6.07, 6.45) is 1.91. The summed E-state index contributed by atoms with van der Waals surface area (Å²) in [5.74, 6) is -3.08. The molecule has 0 fully saturated rings. The first kappa shape index (κ1) is 13.6. The maximum atomic E-state index is 12.9. The van der Waals surface area contributed by atoms with Crippen LogP contribution in [0, 0.1) is 0 Å². The van der Waals surface area contributed by atoms with Gasteiger partial charge in [0.2, 0.25) is 0 Å². The van der Waals surface area contributed by atoms with Crippen LogP contribution in [0.25, 0.3) is 0 Å². The molecule has 0 spiro atoms. The molecule has 0 unspecified atom stereocenters. The van der Waals surface area contributed by atoms with Gasteiger partial charge < -0.3 is 5.32 Å². The molecule has 0 saturated heterocycles. The molecule has 94 valence electrons. The standard InChI is InChI=1S/C13H17F2NO/c1-3-4-9-16-12(17)10-5-7-11(8-6-10)13(2,14)15/h5-8H,3-4,9H2,1-2H3,(H,16,17). The van der Waals surface area contributed by atoms with E-state index in [0.717, 1.165) is 19.8 Å². The van der Waals surface area contributed by atoms with Crippen molar-refractivity contribution in [1.82, 2.24) is 5.32 Å². The van der Waals surface area contributed by atoms with Gasteiger partial charge in [-0.3, -0.25) is 4.79 Å². The number of benzene rings is 1. The van der Waals surface area contributed by atoms with Gasteiger partial charge in [-0.05, 0) is 18.6 Å². The molecular weight excluding hydrogens is 224 g/mol. The summed E-state index contributed by atoms with van der Waals surface area (Å²) in [5, 5.41) is 2.73. The number of unbranched alkanes of at least 4 members (excludes halogenated alkanes) is 1. The largest absolute Gasteiger partial charge is 0.352 e. The van der Waals surface area contributed by atoms with Crippen LogP contribution in [0.3, 0.4) is 0 Å². The van der Waals surface area contributed by atoms with E-state index in [0.29, 0.717) is 12.1 Å². The lowest BCUT2D eigenvalue weighted by Crippen LogP contribution is -2.24. The lowest BCUT2D eigenvalue weighted by atomic mass is 10.1. The minimum Gasteiger partial charge on any atom is -0.352 e. The summed E-state index contributed by atoms with van der Waals surface area (Å²) in [5.41, 5.74) is 0.330. The molecule has 0 saturated carbocycles. The molecule has 4 heteroatoms. The minimum atomic E-state index is -2.86. The fourth-order valence-electron chi connectivity index (χ4n) is 1.40. The second kappa shape index (κ2) is 5.75. The Hall–Kier alpha value is -1.45. The van der Waals surface area contributed by atoms with E-state index >= 15 is 0 Å². The third kappa shape index (κ3) is 4.13. The molecule has 17 heavy (non-hydrogen) atoms. The number of carbonyl (C=O) groups is 1. The fraction of sp³-hybridized carbons (Fsp3) is 0.462. The molecule has 0 bridgehead atoms. The number of carbonyl (C=O) groups excluding carboxylic acids is 1. The minimum absolute atomic E-state index is 0.0809. The van der Waals surface area contributed by atoms with Gasteiger partial charge in [0.15, 0.2) is 0 Å². The number of nitrogens with one attached hydrogen (secondary N) is 1. The van der Waals surface area contributed by atoms with Gasteiger partial charge in [0.05, 0.1) is 0 Å². The van der Waals surface area contributed by atoms with Crippen LogP contribution in [-0.4, -0.2) is 12.5 Å². The summed E-state index contributed by atoms with van der Waals surface area (Å²) in [6.45, 7) is 3.48. The zero-order valence-electron chi connectivity index (χ0n) is 10.1. The molecule has 0 radical (unpaired) electrons. The normalized spacial score (nSPS) is 11.3. The van der Waals surface area contributed by atoms with E-state index in [4.69, 9.17) is 0 Å². The molecule has 2 nitrogen and oxygen atoms in total. The van der Waals surface area contributed by atoms with Crippen molar-refractivity contribution in [2.75, 3.05) is 6.54 Å². The first-order valence-corrected chi connectivity index (χ1v) is 5.71. The third-order valence-electron chi connectivity index (χ3n) is 2.47. The molecule has 1 aromatic rings. The van der Waals surface area contributed by atoms with Gasteiger partial charge in [-0.15, -0.1) is 0 Å². The van der Waals surface area contributed by atoms with Crippen LogP contribution in [0.5, 0.6) is 0 Å². The number of halogens is 2. The van der Waals surface area contributed by atoms with Gasteiger partial charge in [0.1, 0.15) is 0 Å². The Morgan fingerprint density at radius 2 is 1.88 bits per heavy atom. The second-order valence-corrected chi connectivity index (χ2v) is 4.08. The Balaban J connectivity index is 2.64. The van der Waals surface area contributed by atoms with Gasteiger partial charge in [-0.25, -0.2) is 8.78 Å². The Kier molecular flexibility index (Phi) is 4.61. The summed E-state index contributed by atoms with van der Waals surface area (Å²) < 4.78 is 25.9. The first-order chi connectivity index (χ1) is 7.95. The number of amides is 1. The van der Waals surface area contributed by atoms with Gasteiger partial charge >= 0.3 is 0 Å². The summed E-state index contributed by atoms with van der Waals surface area (Å²) in [6, 6.07) is 5.42. The molecule has 1 aromatic carbocycles. The van der Waals surface area contributed by atoms with Crippen LogP contribution >= 0.6 is 0 Å². The predicted molar refractivity (Wildman–Crippen MR) is 63.3 cm³/mol. The van der Waals surface area contributed by atoms with Crippen molar-refractivity contribution in [2.24, 2.45) is 0 Å². The number of hydrogen-bond acceptors (Lipinski definition) is 1. The molecule has 0 aliphatic rings. The molecule has 0 heterocycles. The highest BCUT2D eigenvalue weighted by Gasteiger charge is 2.23. The molecular formula is C13H17F2NO. The van der Waals surface area contributed by atoms with Crippen molar-refractivity contribution in [2.45, 2.75) is 32.6 Å². The highest BCUT2D eigenvalue weighted by molar-refractivity contribution is 5.94. The summed E-state index contributed by atoms with van der Waals surface area (Å²) >= 11 is 0. The SMILES string of the molecule is CCCCNC(=O)c1ccc(C(C)(F)F)cc1. The van der Waals surface area contributed by atoms with Crippen LogP contribution in [0.1, 0.15) is 42.6 Å². The molecule has 0 aliphatic heterocycles. The summed E-state index contributed by atoms with van der Waals surface area (Å²) in [4.78, 5) is 11.6. The Morgan fingerprint density at radius 3 is 2.35 bits per heavy atom. The van der Waals surface area contributed by atoms with E-state index in [1.165, 1.54) is 24.3 Å². The smallest absolute Gasteiger partial charge is 0.270 e. The predicted octanol–water partition coefficient (Wildman–Crippen LogP) is 3.33.